The van der Waals surface area contributed by atoms with Gasteiger partial charge in [0.05, 0.1) is 29.9 Å². The Kier molecular flexibility index (Phi) is 7.66. The fourth-order valence-corrected chi connectivity index (χ4v) is 5.38. The van der Waals surface area contributed by atoms with Gasteiger partial charge in [0.1, 0.15) is 6.61 Å². The molecule has 0 bridgehead atoms. The summed E-state index contributed by atoms with van der Waals surface area (Å²) in [7, 11) is 0. The highest BCUT2D eigenvalue weighted by atomic mass is 35.5. The summed E-state index contributed by atoms with van der Waals surface area (Å²) in [6.45, 7) is 2.56. The van der Waals surface area contributed by atoms with E-state index in [1.54, 1.807) is 17.3 Å². The minimum atomic E-state index is -0.270. The molecule has 0 saturated carbocycles. The van der Waals surface area contributed by atoms with Crippen molar-refractivity contribution in [2.75, 3.05) is 19.8 Å². The number of halogens is 1. The Morgan fingerprint density at radius 2 is 1.88 bits per heavy atom. The standard InChI is InChI=1S/C30H30ClN5O4/c31-24-8-9-27-25(15-24)26(34-36(27)28-3-1-2-11-39-28)18-33-29(37)23-14-22(16-32-17-23)13-20-4-6-21(7-5-20)19-35-10-12-40-30(35)38/h4-9,14-17,28H,1-3,10-13,18-19H2,(H,33,37). The van der Waals surface area contributed by atoms with Crippen molar-refractivity contribution in [1.82, 2.24) is 25.0 Å². The van der Waals surface area contributed by atoms with Crippen LogP contribution in [0.2, 0.25) is 5.02 Å². The van der Waals surface area contributed by atoms with Crippen molar-refractivity contribution in [3.63, 3.8) is 0 Å². The van der Waals surface area contributed by atoms with Gasteiger partial charge in [0.2, 0.25) is 0 Å². The second kappa shape index (κ2) is 11.7. The van der Waals surface area contributed by atoms with Gasteiger partial charge < -0.3 is 19.7 Å². The minimum absolute atomic E-state index is 0.117. The van der Waals surface area contributed by atoms with Crippen molar-refractivity contribution < 1.29 is 19.1 Å². The normalized spacial score (nSPS) is 17.3. The van der Waals surface area contributed by atoms with Crippen LogP contribution in [0.15, 0.2) is 60.9 Å². The number of nitrogens with one attached hydrogen (secondary N) is 1. The van der Waals surface area contributed by atoms with Gasteiger partial charge in [-0.3, -0.25) is 9.78 Å². The Balaban J connectivity index is 1.12. The van der Waals surface area contributed by atoms with Crippen LogP contribution in [-0.4, -0.2) is 51.4 Å². The number of hydrogen-bond donors (Lipinski definition) is 1. The van der Waals surface area contributed by atoms with Gasteiger partial charge in [-0.1, -0.05) is 35.9 Å². The van der Waals surface area contributed by atoms with Gasteiger partial charge in [-0.2, -0.15) is 5.10 Å². The van der Waals surface area contributed by atoms with E-state index in [4.69, 9.17) is 26.2 Å². The van der Waals surface area contributed by atoms with Crippen molar-refractivity contribution in [2.45, 2.75) is 45.0 Å². The highest BCUT2D eigenvalue weighted by Crippen LogP contribution is 2.30. The topological polar surface area (TPSA) is 98.6 Å². The Hall–Kier alpha value is -3.95. The number of pyridine rings is 1. The molecule has 2 aromatic carbocycles. The summed E-state index contributed by atoms with van der Waals surface area (Å²) < 4.78 is 12.9. The molecule has 2 aromatic heterocycles. The highest BCUT2D eigenvalue weighted by Gasteiger charge is 2.23. The molecular weight excluding hydrogens is 530 g/mol. The fraction of sp³-hybridized carbons (Fsp3) is 0.333. The first-order valence-electron chi connectivity index (χ1n) is 13.5. The van der Waals surface area contributed by atoms with Crippen LogP contribution in [0.4, 0.5) is 4.79 Å². The van der Waals surface area contributed by atoms with Crippen molar-refractivity contribution in [3.8, 4) is 0 Å². The molecular formula is C30H30ClN5O4. The number of fused-ring (bicyclic) bond motifs is 1. The number of cyclic esters (lactones) is 1. The summed E-state index contributed by atoms with van der Waals surface area (Å²) in [5.74, 6) is -0.221. The third-order valence-corrected chi connectivity index (χ3v) is 7.53. The molecule has 0 spiro atoms. The first-order chi connectivity index (χ1) is 19.5. The van der Waals surface area contributed by atoms with Gasteiger partial charge in [-0.25, -0.2) is 9.48 Å². The van der Waals surface area contributed by atoms with Gasteiger partial charge >= 0.3 is 6.09 Å². The van der Waals surface area contributed by atoms with E-state index < -0.39 is 0 Å². The molecule has 206 valence electrons. The molecule has 1 unspecified atom stereocenters. The van der Waals surface area contributed by atoms with Crippen molar-refractivity contribution in [3.05, 3.63) is 93.9 Å². The first-order valence-corrected chi connectivity index (χ1v) is 13.9. The lowest BCUT2D eigenvalue weighted by Crippen LogP contribution is -2.24. The van der Waals surface area contributed by atoms with Gasteiger partial charge in [-0.15, -0.1) is 0 Å². The van der Waals surface area contributed by atoms with Crippen LogP contribution >= 0.6 is 11.6 Å². The zero-order valence-electron chi connectivity index (χ0n) is 22.0. The molecule has 40 heavy (non-hydrogen) atoms. The molecule has 2 aliphatic rings. The Labute approximate surface area is 237 Å². The van der Waals surface area contributed by atoms with E-state index in [-0.39, 0.29) is 24.8 Å². The van der Waals surface area contributed by atoms with Gasteiger partial charge in [0.25, 0.3) is 5.91 Å². The number of hydrogen-bond acceptors (Lipinski definition) is 6. The van der Waals surface area contributed by atoms with E-state index in [9.17, 15) is 9.59 Å². The van der Waals surface area contributed by atoms with Crippen LogP contribution in [0.5, 0.6) is 0 Å². The number of carbonyl (C=O) groups is 2. The molecule has 2 fully saturated rings. The zero-order chi connectivity index (χ0) is 27.5. The lowest BCUT2D eigenvalue weighted by molar-refractivity contribution is -0.0369. The quantitative estimate of drug-likeness (QED) is 0.316. The van der Waals surface area contributed by atoms with Crippen LogP contribution < -0.4 is 5.32 Å². The zero-order valence-corrected chi connectivity index (χ0v) is 22.8. The maximum Gasteiger partial charge on any atom is 0.410 e. The summed E-state index contributed by atoms with van der Waals surface area (Å²) >= 11 is 6.30. The van der Waals surface area contributed by atoms with Crippen LogP contribution in [0, 0.1) is 0 Å². The summed E-state index contributed by atoms with van der Waals surface area (Å²) in [4.78, 5) is 30.8. The maximum atomic E-state index is 13.1. The summed E-state index contributed by atoms with van der Waals surface area (Å²) in [5.41, 5.74) is 5.23. The molecule has 0 aliphatic carbocycles. The Morgan fingerprint density at radius 3 is 2.65 bits per heavy atom. The lowest BCUT2D eigenvalue weighted by atomic mass is 10.0. The van der Waals surface area contributed by atoms with Crippen LogP contribution in [0.25, 0.3) is 10.9 Å². The van der Waals surface area contributed by atoms with Crippen molar-refractivity contribution >= 4 is 34.5 Å². The second-order valence-electron chi connectivity index (χ2n) is 10.2. The number of aromatic nitrogens is 3. The van der Waals surface area contributed by atoms with E-state index >= 15 is 0 Å². The summed E-state index contributed by atoms with van der Waals surface area (Å²) in [6, 6.07) is 15.6. The van der Waals surface area contributed by atoms with Crippen LogP contribution in [0.3, 0.4) is 0 Å². The van der Waals surface area contributed by atoms with Gasteiger partial charge in [0, 0.05) is 36.0 Å². The van der Waals surface area contributed by atoms with Gasteiger partial charge in [-0.05, 0) is 66.6 Å². The number of amides is 2. The highest BCUT2D eigenvalue weighted by molar-refractivity contribution is 6.31. The maximum absolute atomic E-state index is 13.1. The van der Waals surface area contributed by atoms with Crippen molar-refractivity contribution in [2.24, 2.45) is 0 Å². The smallest absolute Gasteiger partial charge is 0.410 e. The number of carbonyl (C=O) groups excluding carboxylic acids is 2. The van der Waals surface area contributed by atoms with Gasteiger partial charge in [0.15, 0.2) is 6.23 Å². The summed E-state index contributed by atoms with van der Waals surface area (Å²) in [5, 5.41) is 9.33. The van der Waals surface area contributed by atoms with E-state index in [2.05, 4.69) is 10.3 Å². The molecule has 2 amide bonds. The minimum Gasteiger partial charge on any atom is -0.448 e. The average Bonchev–Trinajstić information content (AvgIpc) is 3.55. The molecule has 1 N–H and O–H groups in total. The van der Waals surface area contributed by atoms with E-state index in [1.807, 2.05) is 53.2 Å². The molecule has 10 heteroatoms. The van der Waals surface area contributed by atoms with E-state index in [0.717, 1.165) is 52.5 Å². The van der Waals surface area contributed by atoms with Crippen molar-refractivity contribution in [1.29, 1.82) is 0 Å². The number of nitrogens with zero attached hydrogens (tertiary/aromatic N) is 4. The van der Waals surface area contributed by atoms with E-state index in [0.29, 0.717) is 43.3 Å². The molecule has 9 nitrogen and oxygen atoms in total. The molecule has 4 aromatic rings. The number of benzene rings is 2. The monoisotopic (exact) mass is 559 g/mol. The summed E-state index contributed by atoms with van der Waals surface area (Å²) in [6.07, 6.45) is 6.64. The first kappa shape index (κ1) is 26.3. The average molecular weight is 560 g/mol. The van der Waals surface area contributed by atoms with Crippen LogP contribution in [0.1, 0.15) is 58.2 Å². The fourth-order valence-electron chi connectivity index (χ4n) is 5.21. The van der Waals surface area contributed by atoms with E-state index in [1.165, 1.54) is 0 Å². The predicted molar refractivity (Wildman–Crippen MR) is 150 cm³/mol. The SMILES string of the molecule is O=C(NCc1nn(C2CCCCO2)c2ccc(Cl)cc12)c1cncc(Cc2ccc(CN3CCOC3=O)cc2)c1. The third-order valence-electron chi connectivity index (χ3n) is 7.30. The Bertz CT molecular complexity index is 1530. The third kappa shape index (κ3) is 5.80. The molecule has 1 atom stereocenters. The number of ether oxygens (including phenoxy) is 2. The second-order valence-corrected chi connectivity index (χ2v) is 10.6. The predicted octanol–water partition coefficient (Wildman–Crippen LogP) is 5.26. The molecule has 4 heterocycles. The lowest BCUT2D eigenvalue weighted by Gasteiger charge is -2.23. The number of rotatable bonds is 8. The molecule has 2 aliphatic heterocycles. The van der Waals surface area contributed by atoms with Crippen LogP contribution in [-0.2, 0) is 29.0 Å². The Morgan fingerprint density at radius 1 is 1.02 bits per heavy atom. The largest absolute Gasteiger partial charge is 0.448 e. The molecule has 0 radical (unpaired) electrons. The molecule has 6 rings (SSSR count). The molecule has 2 saturated heterocycles.